The van der Waals surface area contributed by atoms with Gasteiger partial charge in [0.05, 0.1) is 19.1 Å². The Morgan fingerprint density at radius 1 is 1.04 bits per heavy atom. The summed E-state index contributed by atoms with van der Waals surface area (Å²) in [6.45, 7) is 2.19. The topological polar surface area (TPSA) is 84.9 Å². The fraction of sp³-hybridized carbons (Fsp3) is 0.263. The largest absolute Gasteiger partial charge is 0.494 e. The van der Waals surface area contributed by atoms with Gasteiger partial charge in [-0.15, -0.1) is 0 Å². The summed E-state index contributed by atoms with van der Waals surface area (Å²) in [5, 5.41) is 12.4. The summed E-state index contributed by atoms with van der Waals surface area (Å²) in [7, 11) is 0. The molecular weight excluding hydrogens is 358 g/mol. The molecule has 0 aromatic heterocycles. The van der Waals surface area contributed by atoms with Gasteiger partial charge in [-0.05, 0) is 48.9 Å². The van der Waals surface area contributed by atoms with Crippen molar-refractivity contribution >= 4 is 23.5 Å². The average molecular weight is 378 g/mol. The molecule has 0 bridgehead atoms. The number of benzene rings is 2. The predicted molar refractivity (Wildman–Crippen MR) is 97.7 cm³/mol. The van der Waals surface area contributed by atoms with Crippen molar-refractivity contribution in [2.24, 2.45) is 0 Å². The van der Waals surface area contributed by atoms with Crippen molar-refractivity contribution in [1.29, 1.82) is 0 Å². The standard InChI is InChI=1S/C19H20ClNO5/c1-2-25-15-7-3-13(4-8-15)17(11-19(23)24)21-18(22)12-26-16-9-5-14(20)6-10-16/h3-10,17H,2,11-12H2,1H3,(H,21,22)(H,23,24). The van der Waals surface area contributed by atoms with Crippen LogP contribution < -0.4 is 14.8 Å². The van der Waals surface area contributed by atoms with Gasteiger partial charge in [0.2, 0.25) is 0 Å². The molecule has 7 heteroatoms. The van der Waals surface area contributed by atoms with E-state index in [1.54, 1.807) is 48.5 Å². The first-order valence-corrected chi connectivity index (χ1v) is 8.48. The second kappa shape index (κ2) is 9.68. The van der Waals surface area contributed by atoms with Gasteiger partial charge in [0.1, 0.15) is 11.5 Å². The highest BCUT2D eigenvalue weighted by Gasteiger charge is 2.18. The molecule has 0 saturated carbocycles. The van der Waals surface area contributed by atoms with Gasteiger partial charge in [-0.2, -0.15) is 0 Å². The Morgan fingerprint density at radius 2 is 1.62 bits per heavy atom. The Kier molecular flexibility index (Phi) is 7.29. The molecule has 0 aliphatic rings. The van der Waals surface area contributed by atoms with E-state index in [4.69, 9.17) is 26.2 Å². The normalized spacial score (nSPS) is 11.5. The molecule has 1 atom stereocenters. The van der Waals surface area contributed by atoms with Crippen molar-refractivity contribution in [1.82, 2.24) is 5.32 Å². The molecule has 0 fully saturated rings. The van der Waals surface area contributed by atoms with Crippen LogP contribution in [0.4, 0.5) is 0 Å². The van der Waals surface area contributed by atoms with E-state index in [0.717, 1.165) is 0 Å². The minimum atomic E-state index is -1.01. The third kappa shape index (κ3) is 6.29. The predicted octanol–water partition coefficient (Wildman–Crippen LogP) is 3.45. The summed E-state index contributed by atoms with van der Waals surface area (Å²) in [4.78, 5) is 23.3. The molecular formula is C19H20ClNO5. The molecule has 0 aliphatic carbocycles. The first-order chi connectivity index (χ1) is 12.5. The molecule has 2 rings (SSSR count). The van der Waals surface area contributed by atoms with Crippen molar-refractivity contribution in [2.75, 3.05) is 13.2 Å². The maximum atomic E-state index is 12.1. The lowest BCUT2D eigenvalue weighted by Gasteiger charge is -2.18. The van der Waals surface area contributed by atoms with E-state index >= 15 is 0 Å². The van der Waals surface area contributed by atoms with Gasteiger partial charge in [0, 0.05) is 5.02 Å². The summed E-state index contributed by atoms with van der Waals surface area (Å²) >= 11 is 5.79. The summed E-state index contributed by atoms with van der Waals surface area (Å²) in [6.07, 6.45) is -0.235. The number of ether oxygens (including phenoxy) is 2. The number of carbonyl (C=O) groups is 2. The number of rotatable bonds is 9. The number of amides is 1. The van der Waals surface area contributed by atoms with Crippen molar-refractivity contribution in [3.05, 3.63) is 59.1 Å². The molecule has 26 heavy (non-hydrogen) atoms. The number of carboxylic acid groups (broad SMARTS) is 1. The fourth-order valence-corrected chi connectivity index (χ4v) is 2.43. The van der Waals surface area contributed by atoms with E-state index in [9.17, 15) is 9.59 Å². The number of halogens is 1. The SMILES string of the molecule is CCOc1ccc(C(CC(=O)O)NC(=O)COc2ccc(Cl)cc2)cc1. The lowest BCUT2D eigenvalue weighted by Crippen LogP contribution is -2.33. The van der Waals surface area contributed by atoms with Crippen LogP contribution in [-0.4, -0.2) is 30.2 Å². The fourth-order valence-electron chi connectivity index (χ4n) is 2.31. The van der Waals surface area contributed by atoms with Gasteiger partial charge in [0.25, 0.3) is 5.91 Å². The lowest BCUT2D eigenvalue weighted by molar-refractivity contribution is -0.137. The number of hydrogen-bond donors (Lipinski definition) is 2. The van der Waals surface area contributed by atoms with Gasteiger partial charge < -0.3 is 19.9 Å². The monoisotopic (exact) mass is 377 g/mol. The van der Waals surface area contributed by atoms with Crippen LogP contribution in [0.25, 0.3) is 0 Å². The Morgan fingerprint density at radius 3 is 2.19 bits per heavy atom. The molecule has 1 amide bonds. The van der Waals surface area contributed by atoms with E-state index in [-0.39, 0.29) is 13.0 Å². The summed E-state index contributed by atoms with van der Waals surface area (Å²) in [6, 6.07) is 12.9. The van der Waals surface area contributed by atoms with Crippen molar-refractivity contribution in [2.45, 2.75) is 19.4 Å². The molecule has 2 aromatic rings. The Labute approximate surface area is 156 Å². The lowest BCUT2D eigenvalue weighted by atomic mass is 10.0. The zero-order valence-corrected chi connectivity index (χ0v) is 15.0. The van der Waals surface area contributed by atoms with E-state index in [2.05, 4.69) is 5.32 Å². The highest BCUT2D eigenvalue weighted by molar-refractivity contribution is 6.30. The van der Waals surface area contributed by atoms with Crippen LogP contribution in [0.15, 0.2) is 48.5 Å². The van der Waals surface area contributed by atoms with Crippen LogP contribution in [0, 0.1) is 0 Å². The molecule has 0 saturated heterocycles. The Hall–Kier alpha value is -2.73. The Bertz CT molecular complexity index is 731. The Balaban J connectivity index is 1.98. The number of carboxylic acids is 1. The van der Waals surface area contributed by atoms with Crippen LogP contribution in [-0.2, 0) is 9.59 Å². The number of hydrogen-bond acceptors (Lipinski definition) is 4. The molecule has 0 spiro atoms. The van der Waals surface area contributed by atoms with Gasteiger partial charge in [-0.1, -0.05) is 23.7 Å². The molecule has 2 aromatic carbocycles. The number of carbonyl (C=O) groups excluding carboxylic acids is 1. The maximum Gasteiger partial charge on any atom is 0.305 e. The van der Waals surface area contributed by atoms with Gasteiger partial charge in [-0.3, -0.25) is 9.59 Å². The van der Waals surface area contributed by atoms with Crippen LogP contribution in [0.3, 0.4) is 0 Å². The second-order valence-electron chi connectivity index (χ2n) is 5.46. The quantitative estimate of drug-likeness (QED) is 0.699. The summed E-state index contributed by atoms with van der Waals surface area (Å²) in [5.41, 5.74) is 0.677. The zero-order valence-electron chi connectivity index (χ0n) is 14.3. The smallest absolute Gasteiger partial charge is 0.305 e. The molecule has 0 aliphatic heterocycles. The molecule has 0 radical (unpaired) electrons. The van der Waals surface area contributed by atoms with Crippen molar-refractivity contribution < 1.29 is 24.2 Å². The highest BCUT2D eigenvalue weighted by atomic mass is 35.5. The van der Waals surface area contributed by atoms with Crippen LogP contribution >= 0.6 is 11.6 Å². The minimum Gasteiger partial charge on any atom is -0.494 e. The summed E-state index contributed by atoms with van der Waals surface area (Å²) < 4.78 is 10.7. The molecule has 138 valence electrons. The van der Waals surface area contributed by atoms with E-state index in [0.29, 0.717) is 28.7 Å². The molecule has 1 unspecified atom stereocenters. The minimum absolute atomic E-state index is 0.227. The number of nitrogens with one attached hydrogen (secondary N) is 1. The van der Waals surface area contributed by atoms with Gasteiger partial charge >= 0.3 is 5.97 Å². The van der Waals surface area contributed by atoms with Crippen LogP contribution in [0.5, 0.6) is 11.5 Å². The van der Waals surface area contributed by atoms with E-state index < -0.39 is 17.9 Å². The van der Waals surface area contributed by atoms with Gasteiger partial charge in [-0.25, -0.2) is 0 Å². The third-order valence-electron chi connectivity index (χ3n) is 3.49. The molecule has 2 N–H and O–H groups in total. The first kappa shape index (κ1) is 19.6. The maximum absolute atomic E-state index is 12.1. The molecule has 6 nitrogen and oxygen atoms in total. The first-order valence-electron chi connectivity index (χ1n) is 8.10. The van der Waals surface area contributed by atoms with E-state index in [1.807, 2.05) is 6.92 Å². The zero-order chi connectivity index (χ0) is 18.9. The van der Waals surface area contributed by atoms with Crippen molar-refractivity contribution in [3.8, 4) is 11.5 Å². The van der Waals surface area contributed by atoms with Crippen molar-refractivity contribution in [3.63, 3.8) is 0 Å². The summed E-state index contributed by atoms with van der Waals surface area (Å²) in [5.74, 6) is -0.244. The highest BCUT2D eigenvalue weighted by Crippen LogP contribution is 2.21. The molecule has 0 heterocycles. The average Bonchev–Trinajstić information content (AvgIpc) is 2.61. The van der Waals surface area contributed by atoms with Crippen LogP contribution in [0.2, 0.25) is 5.02 Å². The number of aliphatic carboxylic acids is 1. The van der Waals surface area contributed by atoms with Gasteiger partial charge in [0.15, 0.2) is 6.61 Å². The van der Waals surface area contributed by atoms with E-state index in [1.165, 1.54) is 0 Å². The second-order valence-corrected chi connectivity index (χ2v) is 5.90. The third-order valence-corrected chi connectivity index (χ3v) is 3.74. The van der Waals surface area contributed by atoms with Crippen LogP contribution in [0.1, 0.15) is 24.9 Å².